The Morgan fingerprint density at radius 3 is 2.52 bits per heavy atom. The van der Waals surface area contributed by atoms with Gasteiger partial charge < -0.3 is 9.73 Å². The van der Waals surface area contributed by atoms with Gasteiger partial charge in [-0.05, 0) is 58.2 Å². The van der Waals surface area contributed by atoms with Crippen molar-refractivity contribution in [1.82, 2.24) is 5.32 Å². The van der Waals surface area contributed by atoms with E-state index in [4.69, 9.17) is 4.42 Å². The third-order valence-corrected chi connectivity index (χ3v) is 5.31. The van der Waals surface area contributed by atoms with Crippen molar-refractivity contribution in [3.05, 3.63) is 80.9 Å². The summed E-state index contributed by atoms with van der Waals surface area (Å²) in [6.45, 7) is 2.93. The zero-order valence-electron chi connectivity index (χ0n) is 14.1. The fourth-order valence-corrected chi connectivity index (χ4v) is 4.13. The molecule has 0 saturated heterocycles. The van der Waals surface area contributed by atoms with E-state index in [1.54, 1.807) is 0 Å². The zero-order chi connectivity index (χ0) is 17.6. The molecule has 0 bridgehead atoms. The highest BCUT2D eigenvalue weighted by molar-refractivity contribution is 9.11. The van der Waals surface area contributed by atoms with Gasteiger partial charge in [0.1, 0.15) is 11.5 Å². The van der Waals surface area contributed by atoms with Crippen molar-refractivity contribution in [1.29, 1.82) is 0 Å². The Balaban J connectivity index is 1.70. The van der Waals surface area contributed by atoms with E-state index in [9.17, 15) is 0 Å². The van der Waals surface area contributed by atoms with Crippen LogP contribution in [0.1, 0.15) is 37.1 Å². The van der Waals surface area contributed by atoms with Crippen LogP contribution in [0.4, 0.5) is 0 Å². The second-order valence-electron chi connectivity index (χ2n) is 6.02. The molecule has 130 valence electrons. The first kappa shape index (κ1) is 18.4. The standard InChI is InChI=1S/C21H21Br2NO/c1-2-6-20(15-7-4-3-5-8-15)24-14-17-10-12-21(25-17)18-11-9-16(22)13-19(18)23/h3-5,7-13,20,24H,2,6,14H2,1H3. The van der Waals surface area contributed by atoms with Gasteiger partial charge >= 0.3 is 0 Å². The van der Waals surface area contributed by atoms with Gasteiger partial charge in [-0.15, -0.1) is 0 Å². The Morgan fingerprint density at radius 1 is 1.00 bits per heavy atom. The van der Waals surface area contributed by atoms with Crippen LogP contribution < -0.4 is 5.32 Å². The highest BCUT2D eigenvalue weighted by Crippen LogP contribution is 2.32. The molecule has 0 aliphatic rings. The van der Waals surface area contributed by atoms with Crippen LogP contribution in [0.2, 0.25) is 0 Å². The summed E-state index contributed by atoms with van der Waals surface area (Å²) in [7, 11) is 0. The summed E-state index contributed by atoms with van der Waals surface area (Å²) in [4.78, 5) is 0. The van der Waals surface area contributed by atoms with Gasteiger partial charge in [-0.25, -0.2) is 0 Å². The highest BCUT2D eigenvalue weighted by Gasteiger charge is 2.12. The normalized spacial score (nSPS) is 12.3. The molecule has 4 heteroatoms. The summed E-state index contributed by atoms with van der Waals surface area (Å²) in [5, 5.41) is 3.63. The topological polar surface area (TPSA) is 25.2 Å². The molecule has 1 unspecified atom stereocenters. The molecule has 0 radical (unpaired) electrons. The Labute approximate surface area is 165 Å². The molecule has 0 fully saturated rings. The van der Waals surface area contributed by atoms with Crippen LogP contribution in [0.25, 0.3) is 11.3 Å². The van der Waals surface area contributed by atoms with Gasteiger partial charge in [0.2, 0.25) is 0 Å². The first-order valence-electron chi connectivity index (χ1n) is 8.50. The molecule has 0 aliphatic heterocycles. The SMILES string of the molecule is CCCC(NCc1ccc(-c2ccc(Br)cc2Br)o1)c1ccccc1. The smallest absolute Gasteiger partial charge is 0.135 e. The van der Waals surface area contributed by atoms with Crippen molar-refractivity contribution in [2.45, 2.75) is 32.4 Å². The lowest BCUT2D eigenvalue weighted by molar-refractivity contribution is 0.438. The van der Waals surface area contributed by atoms with Crippen LogP contribution in [0.5, 0.6) is 0 Å². The van der Waals surface area contributed by atoms with E-state index in [-0.39, 0.29) is 0 Å². The van der Waals surface area contributed by atoms with E-state index in [1.165, 1.54) is 5.56 Å². The van der Waals surface area contributed by atoms with Crippen molar-refractivity contribution in [2.24, 2.45) is 0 Å². The van der Waals surface area contributed by atoms with E-state index in [0.29, 0.717) is 12.6 Å². The Kier molecular flexibility index (Phi) is 6.51. The maximum Gasteiger partial charge on any atom is 0.135 e. The van der Waals surface area contributed by atoms with Gasteiger partial charge in [0.15, 0.2) is 0 Å². The van der Waals surface area contributed by atoms with Crippen LogP contribution in [0, 0.1) is 0 Å². The van der Waals surface area contributed by atoms with Gasteiger partial charge in [0.25, 0.3) is 0 Å². The summed E-state index contributed by atoms with van der Waals surface area (Å²) < 4.78 is 8.11. The van der Waals surface area contributed by atoms with Gasteiger partial charge in [-0.3, -0.25) is 0 Å². The van der Waals surface area contributed by atoms with Gasteiger partial charge in [-0.2, -0.15) is 0 Å². The minimum absolute atomic E-state index is 0.346. The monoisotopic (exact) mass is 461 g/mol. The molecule has 3 rings (SSSR count). The van der Waals surface area contributed by atoms with Crippen LogP contribution in [-0.2, 0) is 6.54 Å². The van der Waals surface area contributed by atoms with Gasteiger partial charge in [0.05, 0.1) is 6.54 Å². The molecular formula is C21H21Br2NO. The summed E-state index contributed by atoms with van der Waals surface area (Å²) in [6, 6.07) is 21.1. The maximum atomic E-state index is 6.05. The number of hydrogen-bond donors (Lipinski definition) is 1. The fourth-order valence-electron chi connectivity index (χ4n) is 2.89. The molecular weight excluding hydrogens is 442 g/mol. The lowest BCUT2D eigenvalue weighted by Gasteiger charge is -2.18. The average Bonchev–Trinajstić information content (AvgIpc) is 3.08. The predicted molar refractivity (Wildman–Crippen MR) is 110 cm³/mol. The summed E-state index contributed by atoms with van der Waals surface area (Å²) in [6.07, 6.45) is 2.25. The molecule has 0 spiro atoms. The minimum atomic E-state index is 0.346. The zero-order valence-corrected chi connectivity index (χ0v) is 17.3. The molecule has 1 N–H and O–H groups in total. The molecule has 0 amide bonds. The van der Waals surface area contributed by atoms with E-state index in [1.807, 2.05) is 30.3 Å². The van der Waals surface area contributed by atoms with Crippen LogP contribution in [0.15, 0.2) is 74.0 Å². The predicted octanol–water partition coefficient (Wildman–Crippen LogP) is 7.10. The molecule has 3 aromatic rings. The molecule has 0 aliphatic carbocycles. The Bertz CT molecular complexity index is 814. The number of hydrogen-bond acceptors (Lipinski definition) is 2. The first-order valence-corrected chi connectivity index (χ1v) is 10.1. The van der Waals surface area contributed by atoms with Crippen molar-refractivity contribution in [3.8, 4) is 11.3 Å². The number of nitrogens with one attached hydrogen (secondary N) is 1. The number of furan rings is 1. The first-order chi connectivity index (χ1) is 12.2. The van der Waals surface area contributed by atoms with E-state index in [2.05, 4.69) is 74.4 Å². The quantitative estimate of drug-likeness (QED) is 0.404. The van der Waals surface area contributed by atoms with Crippen molar-refractivity contribution in [2.75, 3.05) is 0 Å². The Morgan fingerprint density at radius 2 is 1.80 bits per heavy atom. The third-order valence-electron chi connectivity index (χ3n) is 4.16. The molecule has 25 heavy (non-hydrogen) atoms. The molecule has 1 atom stereocenters. The van der Waals surface area contributed by atoms with Gasteiger partial charge in [-0.1, -0.05) is 59.6 Å². The minimum Gasteiger partial charge on any atom is -0.460 e. The molecule has 1 aromatic heterocycles. The molecule has 2 aromatic carbocycles. The second-order valence-corrected chi connectivity index (χ2v) is 7.79. The summed E-state index contributed by atoms with van der Waals surface area (Å²) in [5.41, 5.74) is 2.38. The Hall–Kier alpha value is -1.36. The average molecular weight is 463 g/mol. The second kappa shape index (κ2) is 8.84. The molecule has 2 nitrogen and oxygen atoms in total. The van der Waals surface area contributed by atoms with E-state index in [0.717, 1.165) is 38.9 Å². The molecule has 0 saturated carbocycles. The van der Waals surface area contributed by atoms with Crippen LogP contribution in [-0.4, -0.2) is 0 Å². The fraction of sp³-hybridized carbons (Fsp3) is 0.238. The number of rotatable bonds is 7. The van der Waals surface area contributed by atoms with Gasteiger partial charge in [0, 0.05) is 20.6 Å². The summed E-state index contributed by atoms with van der Waals surface area (Å²) >= 11 is 7.08. The maximum absolute atomic E-state index is 6.05. The van der Waals surface area contributed by atoms with Crippen molar-refractivity contribution < 1.29 is 4.42 Å². The molecule has 1 heterocycles. The van der Waals surface area contributed by atoms with Crippen molar-refractivity contribution >= 4 is 31.9 Å². The lowest BCUT2D eigenvalue weighted by Crippen LogP contribution is -2.20. The summed E-state index contributed by atoms with van der Waals surface area (Å²) in [5.74, 6) is 1.82. The van der Waals surface area contributed by atoms with Crippen molar-refractivity contribution in [3.63, 3.8) is 0 Å². The van der Waals surface area contributed by atoms with E-state index >= 15 is 0 Å². The largest absolute Gasteiger partial charge is 0.460 e. The van der Waals surface area contributed by atoms with Crippen LogP contribution in [0.3, 0.4) is 0 Å². The highest BCUT2D eigenvalue weighted by atomic mass is 79.9. The number of halogens is 2. The van der Waals surface area contributed by atoms with Crippen LogP contribution >= 0.6 is 31.9 Å². The lowest BCUT2D eigenvalue weighted by atomic mass is 10.0. The number of benzene rings is 2. The van der Waals surface area contributed by atoms with E-state index < -0.39 is 0 Å². The third kappa shape index (κ3) is 4.84.